The highest BCUT2D eigenvalue weighted by Crippen LogP contribution is 2.33. The largest absolute Gasteiger partial charge is 0.455 e. The Hall–Kier alpha value is -4.35. The minimum Gasteiger partial charge on any atom is -0.455 e. The van der Waals surface area contributed by atoms with Gasteiger partial charge in [-0.3, -0.25) is 4.79 Å². The summed E-state index contributed by atoms with van der Waals surface area (Å²) in [5.41, 5.74) is 7.61. The molecule has 1 unspecified atom stereocenters. The Kier molecular flexibility index (Phi) is 7.66. The van der Waals surface area contributed by atoms with Crippen LogP contribution in [0.15, 0.2) is 63.9 Å². The molecule has 184 valence electrons. The zero-order valence-electron chi connectivity index (χ0n) is 20.4. The van der Waals surface area contributed by atoms with Crippen LogP contribution >= 0.6 is 0 Å². The van der Waals surface area contributed by atoms with E-state index in [1.54, 1.807) is 44.2 Å². The third-order valence-electron chi connectivity index (χ3n) is 5.80. The van der Waals surface area contributed by atoms with Gasteiger partial charge in [0.25, 0.3) is 0 Å². The van der Waals surface area contributed by atoms with Crippen molar-refractivity contribution >= 4 is 27.9 Å². The van der Waals surface area contributed by atoms with Crippen molar-refractivity contribution in [3.8, 4) is 6.07 Å². The number of anilines is 1. The van der Waals surface area contributed by atoms with Gasteiger partial charge in [0.15, 0.2) is 17.1 Å². The summed E-state index contributed by atoms with van der Waals surface area (Å²) in [6, 6.07) is 7.01. The molecule has 1 atom stereocenters. The molecule has 1 aliphatic rings. The van der Waals surface area contributed by atoms with Gasteiger partial charge in [0, 0.05) is 16.7 Å². The number of halogens is 2. The van der Waals surface area contributed by atoms with Gasteiger partial charge in [-0.05, 0) is 75.4 Å². The fourth-order valence-corrected chi connectivity index (χ4v) is 3.99. The van der Waals surface area contributed by atoms with Crippen LogP contribution in [0.25, 0.3) is 16.5 Å². The van der Waals surface area contributed by atoms with Crippen LogP contribution in [-0.2, 0) is 0 Å². The van der Waals surface area contributed by atoms with Crippen LogP contribution < -0.4 is 16.5 Å². The highest BCUT2D eigenvalue weighted by atomic mass is 19.2. The van der Waals surface area contributed by atoms with E-state index in [0.29, 0.717) is 39.0 Å². The van der Waals surface area contributed by atoms with Crippen molar-refractivity contribution in [2.75, 3.05) is 12.4 Å². The molecule has 0 saturated carbocycles. The summed E-state index contributed by atoms with van der Waals surface area (Å²) in [6.07, 6.45) is 4.98. The molecular weight excluding hydrogens is 462 g/mol. The van der Waals surface area contributed by atoms with Gasteiger partial charge in [-0.15, -0.1) is 0 Å². The average Bonchev–Trinajstić information content (AvgIpc) is 2.86. The van der Waals surface area contributed by atoms with Crippen LogP contribution in [0, 0.1) is 42.2 Å². The summed E-state index contributed by atoms with van der Waals surface area (Å²) in [5, 5.41) is 20.6. The molecule has 2 aromatic carbocycles. The second-order valence-corrected chi connectivity index (χ2v) is 8.25. The number of benzene rings is 2. The van der Waals surface area contributed by atoms with Gasteiger partial charge in [-0.2, -0.15) is 5.26 Å². The number of aryl methyl sites for hydroxylation is 1. The maximum atomic E-state index is 14.1. The third kappa shape index (κ3) is 4.74. The van der Waals surface area contributed by atoms with E-state index in [2.05, 4.69) is 17.6 Å². The van der Waals surface area contributed by atoms with E-state index < -0.39 is 23.2 Å². The van der Waals surface area contributed by atoms with Crippen LogP contribution in [0.1, 0.15) is 41.0 Å². The highest BCUT2D eigenvalue weighted by Gasteiger charge is 2.22. The lowest BCUT2D eigenvalue weighted by molar-refractivity contribution is 0.506. The number of nitrogens with one attached hydrogen (secondary N) is 2. The SMILES string of the molecule is C=C1C=C(c2oc3c(C(C)Nc4ccc(F)c(F)c4C#N)cc(C)cc3c(=O)c2C)C=CC1=N.CN. The van der Waals surface area contributed by atoms with Crippen molar-refractivity contribution in [2.45, 2.75) is 26.8 Å². The van der Waals surface area contributed by atoms with Gasteiger partial charge < -0.3 is 20.9 Å². The monoisotopic (exact) mass is 488 g/mol. The molecule has 1 aliphatic carbocycles. The van der Waals surface area contributed by atoms with Gasteiger partial charge >= 0.3 is 0 Å². The Balaban J connectivity index is 0.00000176. The Morgan fingerprint density at radius 2 is 1.89 bits per heavy atom. The lowest BCUT2D eigenvalue weighted by atomic mass is 9.95. The Bertz CT molecular complexity index is 1560. The Morgan fingerprint density at radius 3 is 2.53 bits per heavy atom. The van der Waals surface area contributed by atoms with Gasteiger partial charge in [0.2, 0.25) is 0 Å². The first-order chi connectivity index (χ1) is 17.1. The van der Waals surface area contributed by atoms with E-state index in [-0.39, 0.29) is 16.8 Å². The fraction of sp³-hybridized carbons (Fsp3) is 0.179. The van der Waals surface area contributed by atoms with E-state index in [0.717, 1.165) is 11.6 Å². The van der Waals surface area contributed by atoms with Crippen molar-refractivity contribution in [1.29, 1.82) is 10.7 Å². The van der Waals surface area contributed by atoms with E-state index in [4.69, 9.17) is 9.83 Å². The van der Waals surface area contributed by atoms with Crippen LogP contribution in [0.4, 0.5) is 14.5 Å². The Morgan fingerprint density at radius 1 is 1.19 bits per heavy atom. The summed E-state index contributed by atoms with van der Waals surface area (Å²) >= 11 is 0. The first kappa shape index (κ1) is 26.3. The third-order valence-corrected chi connectivity index (χ3v) is 5.80. The summed E-state index contributed by atoms with van der Waals surface area (Å²) in [7, 11) is 1.50. The van der Waals surface area contributed by atoms with Crippen molar-refractivity contribution < 1.29 is 13.2 Å². The van der Waals surface area contributed by atoms with E-state index in [1.807, 2.05) is 13.0 Å². The number of hydrogen-bond acceptors (Lipinski definition) is 6. The molecule has 8 heteroatoms. The maximum absolute atomic E-state index is 14.1. The lowest BCUT2D eigenvalue weighted by Crippen LogP contribution is -2.14. The quantitative estimate of drug-likeness (QED) is 0.427. The number of fused-ring (bicyclic) bond motifs is 1. The summed E-state index contributed by atoms with van der Waals surface area (Å²) in [6.45, 7) is 9.16. The Labute approximate surface area is 207 Å². The zero-order chi connectivity index (χ0) is 26.7. The number of hydrogen-bond donors (Lipinski definition) is 3. The minimum atomic E-state index is -1.22. The second kappa shape index (κ2) is 10.5. The molecule has 0 radical (unpaired) electrons. The van der Waals surface area contributed by atoms with E-state index >= 15 is 0 Å². The number of nitrogens with two attached hydrogens (primary N) is 1. The van der Waals surface area contributed by atoms with Crippen molar-refractivity contribution in [2.24, 2.45) is 5.73 Å². The summed E-state index contributed by atoms with van der Waals surface area (Å²) in [5.74, 6) is -1.96. The molecule has 0 aliphatic heterocycles. The molecule has 6 nitrogen and oxygen atoms in total. The predicted octanol–water partition coefficient (Wildman–Crippen LogP) is 5.84. The molecule has 1 heterocycles. The molecule has 0 spiro atoms. The normalized spacial score (nSPS) is 13.6. The first-order valence-electron chi connectivity index (χ1n) is 11.1. The van der Waals surface area contributed by atoms with Crippen LogP contribution in [0.3, 0.4) is 0 Å². The molecule has 3 aromatic rings. The predicted molar refractivity (Wildman–Crippen MR) is 139 cm³/mol. The van der Waals surface area contributed by atoms with Gasteiger partial charge in [-0.1, -0.05) is 12.6 Å². The molecular formula is C28H26F2N4O2. The average molecular weight is 489 g/mol. The van der Waals surface area contributed by atoms with Gasteiger partial charge in [0.1, 0.15) is 23.0 Å². The van der Waals surface area contributed by atoms with Crippen LogP contribution in [0.2, 0.25) is 0 Å². The molecule has 0 bridgehead atoms. The molecule has 36 heavy (non-hydrogen) atoms. The van der Waals surface area contributed by atoms with Crippen molar-refractivity contribution in [3.05, 3.63) is 105 Å². The van der Waals surface area contributed by atoms with Crippen LogP contribution in [0.5, 0.6) is 0 Å². The molecule has 0 saturated heterocycles. The van der Waals surface area contributed by atoms with E-state index in [9.17, 15) is 18.8 Å². The molecule has 4 N–H and O–H groups in total. The number of nitriles is 1. The lowest BCUT2D eigenvalue weighted by Gasteiger charge is -2.20. The van der Waals surface area contributed by atoms with Gasteiger partial charge in [0.05, 0.1) is 22.8 Å². The first-order valence-corrected chi connectivity index (χ1v) is 11.1. The second-order valence-electron chi connectivity index (χ2n) is 8.25. The fourth-order valence-electron chi connectivity index (χ4n) is 3.99. The maximum Gasteiger partial charge on any atom is 0.196 e. The molecule has 0 amide bonds. The van der Waals surface area contributed by atoms with E-state index in [1.165, 1.54) is 13.1 Å². The molecule has 0 fully saturated rings. The molecule has 1 aromatic heterocycles. The molecule has 4 rings (SSSR count). The zero-order valence-corrected chi connectivity index (χ0v) is 20.4. The standard InChI is InChI=1S/C27H21F2N3O2.CH5N/c1-13-9-18(16(4)32-23-8-6-21(28)24(29)20(23)12-30)27-19(10-13)25(33)15(3)26(34-27)17-5-7-22(31)14(2)11-17;1-2/h5-11,16,31-32H,2H2,1,3-4H3;2H2,1H3. The van der Waals surface area contributed by atoms with Crippen molar-refractivity contribution in [1.82, 2.24) is 0 Å². The summed E-state index contributed by atoms with van der Waals surface area (Å²) < 4.78 is 34.0. The topological polar surface area (TPSA) is 116 Å². The highest BCUT2D eigenvalue weighted by molar-refractivity contribution is 6.12. The van der Waals surface area contributed by atoms with Crippen molar-refractivity contribution in [3.63, 3.8) is 0 Å². The summed E-state index contributed by atoms with van der Waals surface area (Å²) in [4.78, 5) is 13.3. The smallest absolute Gasteiger partial charge is 0.196 e. The van der Waals surface area contributed by atoms with Gasteiger partial charge in [-0.25, -0.2) is 8.78 Å². The number of rotatable bonds is 4. The van der Waals surface area contributed by atoms with Crippen LogP contribution in [-0.4, -0.2) is 12.8 Å². The number of allylic oxidation sites excluding steroid dienone is 5. The minimum absolute atomic E-state index is 0.131. The number of nitrogens with zero attached hydrogens (tertiary/aromatic N) is 1.